The fraction of sp³-hybridized carbons (Fsp3) is 0. The summed E-state index contributed by atoms with van der Waals surface area (Å²) < 4.78 is 6.35. The van der Waals surface area contributed by atoms with Crippen LogP contribution in [-0.4, -0.2) is 0 Å². The first-order chi connectivity index (χ1) is 20.3. The van der Waals surface area contributed by atoms with Gasteiger partial charge < -0.3 is 4.42 Å². The first-order valence-electron chi connectivity index (χ1n) is 14.1. The number of hydrogen-bond donors (Lipinski definition) is 0. The van der Waals surface area contributed by atoms with Gasteiger partial charge in [0.25, 0.3) is 0 Å². The number of benzene rings is 8. The van der Waals surface area contributed by atoms with E-state index in [1.165, 1.54) is 76.1 Å². The summed E-state index contributed by atoms with van der Waals surface area (Å²) in [6.45, 7) is 0. The second-order valence-corrected chi connectivity index (χ2v) is 10.9. The molecule has 0 aliphatic carbocycles. The number of fused-ring (bicyclic) bond motifs is 9. The van der Waals surface area contributed by atoms with Crippen molar-refractivity contribution >= 4 is 65.0 Å². The molecule has 0 amide bonds. The van der Waals surface area contributed by atoms with Gasteiger partial charge >= 0.3 is 0 Å². The third kappa shape index (κ3) is 3.30. The molecule has 1 heterocycles. The average Bonchev–Trinajstić information content (AvgIpc) is 3.43. The topological polar surface area (TPSA) is 13.1 Å². The summed E-state index contributed by atoms with van der Waals surface area (Å²) in [6.07, 6.45) is 0. The third-order valence-corrected chi connectivity index (χ3v) is 8.64. The summed E-state index contributed by atoms with van der Waals surface area (Å²) in [7, 11) is 0. The molecule has 0 unspecified atom stereocenters. The van der Waals surface area contributed by atoms with Crippen molar-refractivity contribution in [2.45, 2.75) is 0 Å². The maximum Gasteiger partial charge on any atom is 0.136 e. The Kier molecular flexibility index (Phi) is 4.67. The number of furan rings is 1. The van der Waals surface area contributed by atoms with Gasteiger partial charge in [0, 0.05) is 10.8 Å². The highest BCUT2D eigenvalue weighted by atomic mass is 16.3. The van der Waals surface area contributed by atoms with Gasteiger partial charge in [-0.05, 0) is 83.5 Å². The molecule has 0 atom stereocenters. The molecule has 190 valence electrons. The van der Waals surface area contributed by atoms with Crippen LogP contribution in [0.25, 0.3) is 87.3 Å². The van der Waals surface area contributed by atoms with Crippen LogP contribution >= 0.6 is 0 Å². The van der Waals surface area contributed by atoms with Crippen LogP contribution < -0.4 is 0 Å². The third-order valence-electron chi connectivity index (χ3n) is 8.64. The molecule has 1 heteroatoms. The van der Waals surface area contributed by atoms with E-state index in [-0.39, 0.29) is 0 Å². The van der Waals surface area contributed by atoms with Crippen molar-refractivity contribution in [3.8, 4) is 22.3 Å². The van der Waals surface area contributed by atoms with Crippen LogP contribution in [0.15, 0.2) is 150 Å². The quantitative estimate of drug-likeness (QED) is 0.163. The van der Waals surface area contributed by atoms with E-state index in [1.54, 1.807) is 0 Å². The average molecular weight is 521 g/mol. The predicted molar refractivity (Wildman–Crippen MR) is 175 cm³/mol. The molecule has 9 aromatic rings. The van der Waals surface area contributed by atoms with Crippen molar-refractivity contribution in [2.75, 3.05) is 0 Å². The molecule has 0 N–H and O–H groups in total. The Balaban J connectivity index is 1.29. The standard InChI is InChI=1S/C40H24O/c1-4-11-30-25(8-1)20-22-34-35(30)24-29-10-3-6-13-33(29)38(34)28-18-16-27(17-19-28)32-14-7-15-36-39(32)40-31-12-5-2-9-26(31)21-23-37(40)41-36/h1-24H. The number of hydrogen-bond acceptors (Lipinski definition) is 1. The van der Waals surface area contributed by atoms with Gasteiger partial charge in [-0.15, -0.1) is 0 Å². The fourth-order valence-electron chi connectivity index (χ4n) is 6.78. The predicted octanol–water partition coefficient (Wildman–Crippen LogP) is 11.5. The van der Waals surface area contributed by atoms with E-state index >= 15 is 0 Å². The second kappa shape index (κ2) is 8.55. The van der Waals surface area contributed by atoms with Crippen LogP contribution in [-0.2, 0) is 0 Å². The summed E-state index contributed by atoms with van der Waals surface area (Å²) in [5.74, 6) is 0. The monoisotopic (exact) mass is 520 g/mol. The summed E-state index contributed by atoms with van der Waals surface area (Å²) in [5.41, 5.74) is 6.74. The van der Waals surface area contributed by atoms with Gasteiger partial charge in [0.2, 0.25) is 0 Å². The van der Waals surface area contributed by atoms with Gasteiger partial charge in [0.15, 0.2) is 0 Å². The van der Waals surface area contributed by atoms with E-state index in [2.05, 4.69) is 146 Å². The lowest BCUT2D eigenvalue weighted by Crippen LogP contribution is -1.88. The van der Waals surface area contributed by atoms with Crippen molar-refractivity contribution in [3.63, 3.8) is 0 Å². The van der Waals surface area contributed by atoms with Gasteiger partial charge in [0.1, 0.15) is 11.2 Å². The minimum absolute atomic E-state index is 0.921. The van der Waals surface area contributed by atoms with Crippen LogP contribution in [0.4, 0.5) is 0 Å². The van der Waals surface area contributed by atoms with E-state index in [4.69, 9.17) is 4.42 Å². The molecule has 1 nitrogen and oxygen atoms in total. The molecule has 41 heavy (non-hydrogen) atoms. The maximum atomic E-state index is 6.35. The van der Waals surface area contributed by atoms with E-state index < -0.39 is 0 Å². The van der Waals surface area contributed by atoms with Gasteiger partial charge in [0.05, 0.1) is 0 Å². The van der Waals surface area contributed by atoms with Crippen molar-refractivity contribution < 1.29 is 4.42 Å². The molecule has 1 aromatic heterocycles. The molecule has 0 bridgehead atoms. The van der Waals surface area contributed by atoms with Crippen molar-refractivity contribution in [1.29, 1.82) is 0 Å². The molecule has 0 radical (unpaired) electrons. The first kappa shape index (κ1) is 22.4. The van der Waals surface area contributed by atoms with Gasteiger partial charge in [-0.3, -0.25) is 0 Å². The minimum atomic E-state index is 0.921. The summed E-state index contributed by atoms with van der Waals surface area (Å²) in [6, 6.07) is 52.6. The van der Waals surface area contributed by atoms with Crippen LogP contribution in [0.5, 0.6) is 0 Å². The lowest BCUT2D eigenvalue weighted by atomic mass is 9.89. The Morgan fingerprint density at radius 1 is 0.341 bits per heavy atom. The first-order valence-corrected chi connectivity index (χ1v) is 14.1. The zero-order chi connectivity index (χ0) is 26.9. The molecule has 0 saturated heterocycles. The van der Waals surface area contributed by atoms with Crippen LogP contribution in [0.3, 0.4) is 0 Å². The normalized spacial score (nSPS) is 11.9. The molecule has 0 fully saturated rings. The molecule has 8 aromatic carbocycles. The smallest absolute Gasteiger partial charge is 0.136 e. The minimum Gasteiger partial charge on any atom is -0.456 e. The Bertz CT molecular complexity index is 2460. The zero-order valence-electron chi connectivity index (χ0n) is 22.3. The van der Waals surface area contributed by atoms with Crippen molar-refractivity contribution in [3.05, 3.63) is 146 Å². The van der Waals surface area contributed by atoms with Gasteiger partial charge in [-0.25, -0.2) is 0 Å². The lowest BCUT2D eigenvalue weighted by Gasteiger charge is -2.14. The highest BCUT2D eigenvalue weighted by molar-refractivity contribution is 6.23. The largest absolute Gasteiger partial charge is 0.456 e. The molecule has 0 aliphatic heterocycles. The van der Waals surface area contributed by atoms with Crippen molar-refractivity contribution in [1.82, 2.24) is 0 Å². The number of rotatable bonds is 2. The summed E-state index contributed by atoms with van der Waals surface area (Å²) in [4.78, 5) is 0. The zero-order valence-corrected chi connectivity index (χ0v) is 22.3. The Labute approximate surface area is 236 Å². The summed E-state index contributed by atoms with van der Waals surface area (Å²) >= 11 is 0. The molecule has 9 rings (SSSR count). The Morgan fingerprint density at radius 3 is 1.80 bits per heavy atom. The van der Waals surface area contributed by atoms with Crippen LogP contribution in [0, 0.1) is 0 Å². The Hall–Kier alpha value is -5.40. The second-order valence-electron chi connectivity index (χ2n) is 10.9. The molecule has 0 aliphatic rings. The summed E-state index contributed by atoms with van der Waals surface area (Å²) in [5, 5.41) is 12.5. The van der Waals surface area contributed by atoms with Crippen LogP contribution in [0.2, 0.25) is 0 Å². The van der Waals surface area contributed by atoms with Gasteiger partial charge in [-0.1, -0.05) is 127 Å². The van der Waals surface area contributed by atoms with Crippen molar-refractivity contribution in [2.24, 2.45) is 0 Å². The maximum absolute atomic E-state index is 6.35. The molecule has 0 saturated carbocycles. The fourth-order valence-corrected chi connectivity index (χ4v) is 6.78. The molecular formula is C40H24O. The highest BCUT2D eigenvalue weighted by Gasteiger charge is 2.16. The van der Waals surface area contributed by atoms with Gasteiger partial charge in [-0.2, -0.15) is 0 Å². The van der Waals surface area contributed by atoms with E-state index in [0.717, 1.165) is 11.2 Å². The molecular weight excluding hydrogens is 496 g/mol. The lowest BCUT2D eigenvalue weighted by molar-refractivity contribution is 0.669. The molecule has 0 spiro atoms. The Morgan fingerprint density at radius 2 is 0.976 bits per heavy atom. The van der Waals surface area contributed by atoms with Crippen LogP contribution in [0.1, 0.15) is 0 Å². The van der Waals surface area contributed by atoms with E-state index in [9.17, 15) is 0 Å². The van der Waals surface area contributed by atoms with E-state index in [1.807, 2.05) is 0 Å². The SMILES string of the molecule is c1ccc2c(-c3ccc(-c4cccc5oc6ccc7ccccc7c6c45)cc3)c3ccc4ccccc4c3cc2c1. The highest BCUT2D eigenvalue weighted by Crippen LogP contribution is 2.42. The van der Waals surface area contributed by atoms with E-state index in [0.29, 0.717) is 0 Å².